The van der Waals surface area contributed by atoms with Gasteiger partial charge in [-0.2, -0.15) is 5.26 Å². The maximum Gasteiger partial charge on any atom is 0.150 e. The Morgan fingerprint density at radius 1 is 1.33 bits per heavy atom. The molecular formula is C13H7BrN2OS. The van der Waals surface area contributed by atoms with Gasteiger partial charge in [0.25, 0.3) is 0 Å². The fraction of sp³-hybridized carbons (Fsp3) is 0. The standard InChI is InChI=1S/C13H7BrN2OS/c14-11-2-4-13(16-7-11)18-12-3-1-9(8-17)5-10(12)6-15/h1-5,7-8H. The number of carbonyl (C=O) groups is 1. The lowest BCUT2D eigenvalue weighted by molar-refractivity contribution is 0.112. The van der Waals surface area contributed by atoms with Gasteiger partial charge in [-0.1, -0.05) is 17.8 Å². The number of hydrogen-bond donors (Lipinski definition) is 0. The Balaban J connectivity index is 2.31. The molecule has 18 heavy (non-hydrogen) atoms. The van der Waals surface area contributed by atoms with Crippen LogP contribution >= 0.6 is 27.7 Å². The van der Waals surface area contributed by atoms with Crippen LogP contribution in [-0.2, 0) is 0 Å². The van der Waals surface area contributed by atoms with Crippen LogP contribution < -0.4 is 0 Å². The van der Waals surface area contributed by atoms with Gasteiger partial charge in [-0.15, -0.1) is 0 Å². The van der Waals surface area contributed by atoms with Crippen molar-refractivity contribution in [1.82, 2.24) is 4.98 Å². The molecule has 0 amide bonds. The van der Waals surface area contributed by atoms with Crippen LogP contribution in [0, 0.1) is 11.3 Å². The van der Waals surface area contributed by atoms with Crippen molar-refractivity contribution in [3.63, 3.8) is 0 Å². The van der Waals surface area contributed by atoms with Crippen molar-refractivity contribution in [3.05, 3.63) is 52.1 Å². The van der Waals surface area contributed by atoms with E-state index in [2.05, 4.69) is 27.0 Å². The van der Waals surface area contributed by atoms with Gasteiger partial charge in [-0.05, 0) is 40.2 Å². The molecular weight excluding hydrogens is 312 g/mol. The van der Waals surface area contributed by atoms with E-state index in [-0.39, 0.29) is 0 Å². The third kappa shape index (κ3) is 2.97. The second-order valence-corrected chi connectivity index (χ2v) is 5.38. The van der Waals surface area contributed by atoms with Crippen LogP contribution in [0.15, 0.2) is 50.9 Å². The van der Waals surface area contributed by atoms with Crippen LogP contribution in [0.25, 0.3) is 0 Å². The Bertz CT molecular complexity index is 620. The molecule has 0 spiro atoms. The van der Waals surface area contributed by atoms with Gasteiger partial charge in [0.05, 0.1) is 5.56 Å². The Morgan fingerprint density at radius 2 is 2.17 bits per heavy atom. The van der Waals surface area contributed by atoms with E-state index < -0.39 is 0 Å². The molecule has 0 aliphatic heterocycles. The molecule has 1 heterocycles. The molecule has 0 bridgehead atoms. The molecule has 88 valence electrons. The average Bonchev–Trinajstić information content (AvgIpc) is 2.41. The number of nitrogens with zero attached hydrogens (tertiary/aromatic N) is 2. The number of benzene rings is 1. The molecule has 0 atom stereocenters. The average molecular weight is 319 g/mol. The summed E-state index contributed by atoms with van der Waals surface area (Å²) in [4.78, 5) is 15.7. The van der Waals surface area contributed by atoms with Crippen molar-refractivity contribution in [2.24, 2.45) is 0 Å². The van der Waals surface area contributed by atoms with Crippen LogP contribution in [0.2, 0.25) is 0 Å². The topological polar surface area (TPSA) is 53.8 Å². The van der Waals surface area contributed by atoms with Crippen molar-refractivity contribution in [2.45, 2.75) is 9.92 Å². The lowest BCUT2D eigenvalue weighted by Crippen LogP contribution is -1.87. The zero-order chi connectivity index (χ0) is 13.0. The van der Waals surface area contributed by atoms with E-state index in [0.29, 0.717) is 11.1 Å². The molecule has 0 saturated heterocycles. The number of rotatable bonds is 3. The molecule has 0 saturated carbocycles. The monoisotopic (exact) mass is 318 g/mol. The SMILES string of the molecule is N#Cc1cc(C=O)ccc1Sc1ccc(Br)cn1. The molecule has 0 aliphatic carbocycles. The summed E-state index contributed by atoms with van der Waals surface area (Å²) in [6.45, 7) is 0. The smallest absolute Gasteiger partial charge is 0.150 e. The molecule has 0 fully saturated rings. The summed E-state index contributed by atoms with van der Waals surface area (Å²) in [5.41, 5.74) is 0.981. The van der Waals surface area contributed by atoms with Crippen molar-refractivity contribution in [3.8, 4) is 6.07 Å². The van der Waals surface area contributed by atoms with Gasteiger partial charge in [0.2, 0.25) is 0 Å². The van der Waals surface area contributed by atoms with E-state index in [1.54, 1.807) is 24.4 Å². The Labute approximate surface area is 117 Å². The largest absolute Gasteiger partial charge is 0.298 e. The highest BCUT2D eigenvalue weighted by Gasteiger charge is 2.06. The number of aromatic nitrogens is 1. The van der Waals surface area contributed by atoms with E-state index in [1.807, 2.05) is 12.1 Å². The van der Waals surface area contributed by atoms with E-state index in [0.717, 1.165) is 20.7 Å². The fourth-order valence-corrected chi connectivity index (χ4v) is 2.38. The fourth-order valence-electron chi connectivity index (χ4n) is 1.33. The van der Waals surface area contributed by atoms with Crippen molar-refractivity contribution < 1.29 is 4.79 Å². The normalized spacial score (nSPS) is 9.78. The minimum Gasteiger partial charge on any atom is -0.298 e. The van der Waals surface area contributed by atoms with Crippen LogP contribution in [0.1, 0.15) is 15.9 Å². The van der Waals surface area contributed by atoms with Crippen LogP contribution in [-0.4, -0.2) is 11.3 Å². The van der Waals surface area contributed by atoms with E-state index in [1.165, 1.54) is 11.8 Å². The molecule has 3 nitrogen and oxygen atoms in total. The van der Waals surface area contributed by atoms with Crippen molar-refractivity contribution in [1.29, 1.82) is 5.26 Å². The van der Waals surface area contributed by atoms with Crippen molar-refractivity contribution in [2.75, 3.05) is 0 Å². The summed E-state index contributed by atoms with van der Waals surface area (Å²) in [7, 11) is 0. The van der Waals surface area contributed by atoms with Gasteiger partial charge in [-0.25, -0.2) is 4.98 Å². The third-order valence-electron chi connectivity index (χ3n) is 2.17. The van der Waals surface area contributed by atoms with Crippen molar-refractivity contribution >= 4 is 34.0 Å². The summed E-state index contributed by atoms with van der Waals surface area (Å²) in [6, 6.07) is 10.9. The van der Waals surface area contributed by atoms with E-state index >= 15 is 0 Å². The number of nitriles is 1. The second-order valence-electron chi connectivity index (χ2n) is 3.40. The molecule has 0 N–H and O–H groups in total. The van der Waals surface area contributed by atoms with Gasteiger partial charge >= 0.3 is 0 Å². The van der Waals surface area contributed by atoms with Gasteiger partial charge in [0.15, 0.2) is 0 Å². The zero-order valence-electron chi connectivity index (χ0n) is 9.13. The van der Waals surface area contributed by atoms with Crippen LogP contribution in [0.5, 0.6) is 0 Å². The summed E-state index contributed by atoms with van der Waals surface area (Å²) in [6.07, 6.45) is 2.43. The first-order valence-corrected chi connectivity index (χ1v) is 6.62. The van der Waals surface area contributed by atoms with Gasteiger partial charge in [-0.3, -0.25) is 4.79 Å². The summed E-state index contributed by atoms with van der Waals surface area (Å²) in [5, 5.41) is 9.85. The molecule has 0 unspecified atom stereocenters. The quantitative estimate of drug-likeness (QED) is 0.810. The molecule has 1 aromatic heterocycles. The lowest BCUT2D eigenvalue weighted by atomic mass is 10.1. The summed E-state index contributed by atoms with van der Waals surface area (Å²) in [5.74, 6) is 0. The van der Waals surface area contributed by atoms with E-state index in [9.17, 15) is 4.79 Å². The van der Waals surface area contributed by atoms with Crippen LogP contribution in [0.4, 0.5) is 0 Å². The first-order valence-electron chi connectivity index (χ1n) is 5.01. The van der Waals surface area contributed by atoms with E-state index in [4.69, 9.17) is 5.26 Å². The molecule has 5 heteroatoms. The minimum absolute atomic E-state index is 0.481. The number of pyridine rings is 1. The summed E-state index contributed by atoms with van der Waals surface area (Å²) < 4.78 is 0.906. The van der Waals surface area contributed by atoms with Gasteiger partial charge in [0, 0.05) is 21.1 Å². The number of aldehydes is 1. The molecule has 0 radical (unpaired) electrons. The zero-order valence-corrected chi connectivity index (χ0v) is 11.5. The number of halogens is 1. The van der Waals surface area contributed by atoms with Crippen LogP contribution in [0.3, 0.4) is 0 Å². The number of carbonyl (C=O) groups excluding carboxylic acids is 1. The lowest BCUT2D eigenvalue weighted by Gasteiger charge is -2.03. The molecule has 2 aromatic rings. The number of hydrogen-bond acceptors (Lipinski definition) is 4. The summed E-state index contributed by atoms with van der Waals surface area (Å²) >= 11 is 4.71. The van der Waals surface area contributed by atoms with Gasteiger partial charge < -0.3 is 0 Å². The first kappa shape index (κ1) is 12.8. The minimum atomic E-state index is 0.481. The Hall–Kier alpha value is -1.64. The highest BCUT2D eigenvalue weighted by Crippen LogP contribution is 2.29. The highest BCUT2D eigenvalue weighted by molar-refractivity contribution is 9.10. The predicted molar refractivity (Wildman–Crippen MR) is 72.6 cm³/mol. The molecule has 1 aromatic carbocycles. The van der Waals surface area contributed by atoms with Gasteiger partial charge in [0.1, 0.15) is 17.4 Å². The Kier molecular flexibility index (Phi) is 4.13. The molecule has 0 aliphatic rings. The molecule has 2 rings (SSSR count). The third-order valence-corrected chi connectivity index (χ3v) is 3.67. The maximum absolute atomic E-state index is 10.6. The second kappa shape index (κ2) is 5.80. The highest BCUT2D eigenvalue weighted by atomic mass is 79.9. The first-order chi connectivity index (χ1) is 8.72. The maximum atomic E-state index is 10.6. The predicted octanol–water partition coefficient (Wildman–Crippen LogP) is 3.68. The Morgan fingerprint density at radius 3 is 2.78 bits per heavy atom.